The summed E-state index contributed by atoms with van der Waals surface area (Å²) in [5, 5.41) is 8.43. The number of nitrogens with zero attached hydrogens (tertiary/aromatic N) is 3. The van der Waals surface area contributed by atoms with Crippen LogP contribution >= 0.6 is 11.3 Å². The number of hydrogen-bond acceptors (Lipinski definition) is 7. The lowest BCUT2D eigenvalue weighted by Gasteiger charge is -2.30. The molecule has 1 N–H and O–H groups in total. The van der Waals surface area contributed by atoms with Crippen molar-refractivity contribution in [2.75, 3.05) is 15.6 Å². The molecule has 8 nitrogen and oxygen atoms in total. The van der Waals surface area contributed by atoms with Crippen LogP contribution in [0.25, 0.3) is 0 Å². The molecule has 0 saturated carbocycles. The first-order valence-electron chi connectivity index (χ1n) is 9.22. The van der Waals surface area contributed by atoms with Crippen LogP contribution in [0.4, 0.5) is 10.8 Å². The van der Waals surface area contributed by atoms with Crippen molar-refractivity contribution < 1.29 is 16.8 Å². The molecule has 3 aromatic rings. The summed E-state index contributed by atoms with van der Waals surface area (Å²) in [5.74, 6) is 0. The first-order chi connectivity index (χ1) is 14.2. The molecule has 2 heterocycles. The van der Waals surface area contributed by atoms with E-state index in [1.165, 1.54) is 16.4 Å². The maximum absolute atomic E-state index is 13.2. The molecule has 1 aliphatic heterocycles. The fraction of sp³-hybridized carbons (Fsp3) is 0.263. The van der Waals surface area contributed by atoms with Crippen LogP contribution in [0.5, 0.6) is 0 Å². The van der Waals surface area contributed by atoms with Crippen LogP contribution < -0.4 is 9.03 Å². The van der Waals surface area contributed by atoms with E-state index in [1.54, 1.807) is 37.3 Å². The van der Waals surface area contributed by atoms with Crippen molar-refractivity contribution >= 4 is 42.2 Å². The van der Waals surface area contributed by atoms with Gasteiger partial charge < -0.3 is 0 Å². The molecule has 1 aromatic heterocycles. The molecule has 11 heteroatoms. The maximum atomic E-state index is 13.2. The summed E-state index contributed by atoms with van der Waals surface area (Å²) in [6, 6.07) is 11.2. The molecule has 2 aromatic carbocycles. The normalized spacial score (nSPS) is 14.4. The smallest absolute Gasteiger partial charge is 0.264 e. The van der Waals surface area contributed by atoms with E-state index in [0.717, 1.165) is 16.9 Å². The fourth-order valence-electron chi connectivity index (χ4n) is 3.30. The third kappa shape index (κ3) is 3.92. The average Bonchev–Trinajstić information content (AvgIpc) is 3.11. The quantitative estimate of drug-likeness (QED) is 0.621. The number of nitrogens with one attached hydrogen (secondary N) is 1. The molecule has 158 valence electrons. The van der Waals surface area contributed by atoms with Crippen LogP contribution in [0.2, 0.25) is 0 Å². The zero-order valence-corrected chi connectivity index (χ0v) is 18.8. The Morgan fingerprint density at radius 3 is 2.33 bits per heavy atom. The summed E-state index contributed by atoms with van der Waals surface area (Å²) in [6.07, 6.45) is 1.20. The van der Waals surface area contributed by atoms with Gasteiger partial charge in [-0.05, 0) is 62.6 Å². The predicted molar refractivity (Wildman–Crippen MR) is 116 cm³/mol. The van der Waals surface area contributed by atoms with Gasteiger partial charge in [0.15, 0.2) is 0 Å². The number of rotatable bonds is 5. The SMILES string of the molecule is Cc1ccc(S(=O)(=O)N2CCCc3cc(S(=O)(=O)Nc4nnc(C)s4)ccc32)cc1. The van der Waals surface area contributed by atoms with Crippen molar-refractivity contribution in [2.24, 2.45) is 0 Å². The molecule has 0 atom stereocenters. The minimum atomic E-state index is -3.85. The summed E-state index contributed by atoms with van der Waals surface area (Å²) in [5.41, 5.74) is 2.15. The van der Waals surface area contributed by atoms with Crippen molar-refractivity contribution in [3.05, 3.63) is 58.6 Å². The monoisotopic (exact) mass is 464 g/mol. The number of aromatic nitrogens is 2. The van der Waals surface area contributed by atoms with E-state index >= 15 is 0 Å². The zero-order chi connectivity index (χ0) is 21.5. The van der Waals surface area contributed by atoms with E-state index in [0.29, 0.717) is 35.6 Å². The molecule has 0 saturated heterocycles. The van der Waals surface area contributed by atoms with Gasteiger partial charge >= 0.3 is 0 Å². The second-order valence-electron chi connectivity index (χ2n) is 7.02. The lowest BCUT2D eigenvalue weighted by molar-refractivity contribution is 0.586. The molecule has 0 fully saturated rings. The summed E-state index contributed by atoms with van der Waals surface area (Å²) in [6.45, 7) is 3.97. The summed E-state index contributed by atoms with van der Waals surface area (Å²) >= 11 is 1.14. The third-order valence-electron chi connectivity index (χ3n) is 4.79. The standard InChI is InChI=1S/C19H20N4O4S3/c1-13-5-7-16(8-6-13)30(26,27)23-11-3-4-15-12-17(9-10-18(15)23)29(24,25)22-19-21-20-14(2)28-19/h5-10,12H,3-4,11H2,1-2H3,(H,21,22). The van der Waals surface area contributed by atoms with Crippen molar-refractivity contribution in [2.45, 2.75) is 36.5 Å². The lowest BCUT2D eigenvalue weighted by atomic mass is 10.0. The number of benzene rings is 2. The lowest BCUT2D eigenvalue weighted by Crippen LogP contribution is -2.35. The molecule has 4 rings (SSSR count). The Balaban J connectivity index is 1.68. The molecular formula is C19H20N4O4S3. The summed E-state index contributed by atoms with van der Waals surface area (Å²) < 4.78 is 55.6. The van der Waals surface area contributed by atoms with Gasteiger partial charge in [-0.2, -0.15) is 0 Å². The highest BCUT2D eigenvalue weighted by Gasteiger charge is 2.30. The van der Waals surface area contributed by atoms with Crippen molar-refractivity contribution in [3.63, 3.8) is 0 Å². The Kier molecular flexibility index (Phi) is 5.28. The molecule has 30 heavy (non-hydrogen) atoms. The highest BCUT2D eigenvalue weighted by molar-refractivity contribution is 7.93. The molecule has 1 aliphatic rings. The number of anilines is 2. The second-order valence-corrected chi connectivity index (χ2v) is 11.7. The van der Waals surface area contributed by atoms with Gasteiger partial charge in [-0.25, -0.2) is 16.8 Å². The Bertz CT molecular complexity index is 1300. The van der Waals surface area contributed by atoms with Crippen LogP contribution in [0, 0.1) is 13.8 Å². The largest absolute Gasteiger partial charge is 0.266 e. The average molecular weight is 465 g/mol. The van der Waals surface area contributed by atoms with E-state index in [9.17, 15) is 16.8 Å². The Hall–Kier alpha value is -2.50. The van der Waals surface area contributed by atoms with Crippen LogP contribution in [0.15, 0.2) is 52.3 Å². The number of fused-ring (bicyclic) bond motifs is 1. The Morgan fingerprint density at radius 1 is 0.967 bits per heavy atom. The summed E-state index contributed by atoms with van der Waals surface area (Å²) in [7, 11) is -7.59. The molecule has 0 radical (unpaired) electrons. The van der Waals surface area contributed by atoms with Crippen LogP contribution in [-0.2, 0) is 26.5 Å². The van der Waals surface area contributed by atoms with Gasteiger partial charge in [0.2, 0.25) is 5.13 Å². The van der Waals surface area contributed by atoms with Gasteiger partial charge in [0.25, 0.3) is 20.0 Å². The van der Waals surface area contributed by atoms with Gasteiger partial charge in [0.05, 0.1) is 15.5 Å². The fourth-order valence-corrected chi connectivity index (χ4v) is 6.72. The van der Waals surface area contributed by atoms with E-state index in [4.69, 9.17) is 0 Å². The predicted octanol–water partition coefficient (Wildman–Crippen LogP) is 3.10. The highest BCUT2D eigenvalue weighted by Crippen LogP contribution is 2.34. The van der Waals surface area contributed by atoms with Gasteiger partial charge in [0.1, 0.15) is 5.01 Å². The molecule has 0 amide bonds. The minimum Gasteiger partial charge on any atom is -0.266 e. The molecule has 0 spiro atoms. The molecule has 0 unspecified atom stereocenters. The van der Waals surface area contributed by atoms with Gasteiger partial charge in [-0.1, -0.05) is 29.0 Å². The van der Waals surface area contributed by atoms with E-state index in [1.807, 2.05) is 6.92 Å². The van der Waals surface area contributed by atoms with E-state index in [-0.39, 0.29) is 14.9 Å². The van der Waals surface area contributed by atoms with Gasteiger partial charge in [0, 0.05) is 6.54 Å². The number of hydrogen-bond donors (Lipinski definition) is 1. The Labute approximate surface area is 179 Å². The highest BCUT2D eigenvalue weighted by atomic mass is 32.2. The van der Waals surface area contributed by atoms with Crippen LogP contribution in [-0.4, -0.2) is 33.6 Å². The first-order valence-corrected chi connectivity index (χ1v) is 13.0. The Morgan fingerprint density at radius 2 is 1.67 bits per heavy atom. The second kappa shape index (κ2) is 7.64. The number of sulfonamides is 2. The van der Waals surface area contributed by atoms with Crippen molar-refractivity contribution in [1.29, 1.82) is 0 Å². The number of aryl methyl sites for hydroxylation is 3. The van der Waals surface area contributed by atoms with Crippen LogP contribution in [0.1, 0.15) is 22.6 Å². The molecule has 0 bridgehead atoms. The van der Waals surface area contributed by atoms with Crippen molar-refractivity contribution in [1.82, 2.24) is 10.2 Å². The minimum absolute atomic E-state index is 0.0590. The van der Waals surface area contributed by atoms with Gasteiger partial charge in [-0.15, -0.1) is 10.2 Å². The first kappa shape index (κ1) is 20.8. The molecule has 0 aliphatic carbocycles. The summed E-state index contributed by atoms with van der Waals surface area (Å²) in [4.78, 5) is 0.273. The van der Waals surface area contributed by atoms with E-state index < -0.39 is 20.0 Å². The molecular weight excluding hydrogens is 444 g/mol. The topological polar surface area (TPSA) is 109 Å². The maximum Gasteiger partial charge on any atom is 0.264 e. The van der Waals surface area contributed by atoms with Gasteiger partial charge in [-0.3, -0.25) is 9.03 Å². The third-order valence-corrected chi connectivity index (χ3v) is 8.84. The van der Waals surface area contributed by atoms with E-state index in [2.05, 4.69) is 14.9 Å². The van der Waals surface area contributed by atoms with Crippen molar-refractivity contribution in [3.8, 4) is 0 Å². The van der Waals surface area contributed by atoms with Crippen LogP contribution in [0.3, 0.4) is 0 Å². The zero-order valence-electron chi connectivity index (χ0n) is 16.4.